The van der Waals surface area contributed by atoms with Gasteiger partial charge in [0.05, 0.1) is 54.5 Å². The maximum absolute atomic E-state index is 13.7. The molecule has 0 bridgehead atoms. The van der Waals surface area contributed by atoms with Gasteiger partial charge in [-0.25, -0.2) is 16.8 Å². The van der Waals surface area contributed by atoms with Gasteiger partial charge in [0.15, 0.2) is 5.75 Å². The topological polar surface area (TPSA) is 152 Å². The summed E-state index contributed by atoms with van der Waals surface area (Å²) in [6.07, 6.45) is -0.820. The number of likely N-dealkylation sites (N-methyl/N-ethyl adjacent to an activating group) is 1. The molecule has 0 saturated carbocycles. The monoisotopic (exact) mass is 647 g/mol. The van der Waals surface area contributed by atoms with Gasteiger partial charge < -0.3 is 24.2 Å². The van der Waals surface area contributed by atoms with E-state index in [1.54, 1.807) is 26.0 Å². The van der Waals surface area contributed by atoms with E-state index in [0.29, 0.717) is 11.5 Å². The number of methoxy groups -OCH3 is 2. The number of carbonyl (C=O) groups excluding carboxylic acids is 1. The molecule has 44 heavy (non-hydrogen) atoms. The number of benzene rings is 3. The molecule has 0 aromatic heterocycles. The standard InChI is InChI=1S/C30H37N3O9S2/c1-20-17-33(21(2)19-34)30(35)26-7-6-8-27(31-43(36,37)24-13-9-22(40-4)10-14-24)29(26)42-28(20)18-32(3)44(38,39)25-15-11-23(41-5)12-16-25/h6-16,20-21,28,31,34H,17-19H2,1-5H3/t20-,21-,28+/m1/s1. The van der Waals surface area contributed by atoms with Crippen molar-refractivity contribution in [1.82, 2.24) is 9.21 Å². The predicted molar refractivity (Wildman–Crippen MR) is 164 cm³/mol. The number of rotatable bonds is 11. The number of nitrogens with zero attached hydrogens (tertiary/aromatic N) is 2. The lowest BCUT2D eigenvalue weighted by Gasteiger charge is -2.38. The Morgan fingerprint density at radius 2 is 1.55 bits per heavy atom. The zero-order chi connectivity index (χ0) is 32.2. The number of hydrogen-bond donors (Lipinski definition) is 2. The van der Waals surface area contributed by atoms with E-state index in [1.165, 1.54) is 80.8 Å². The van der Waals surface area contributed by atoms with Crippen molar-refractivity contribution in [1.29, 1.82) is 0 Å². The maximum Gasteiger partial charge on any atom is 0.262 e. The summed E-state index contributed by atoms with van der Waals surface area (Å²) in [5.74, 6) is 0.0489. The van der Waals surface area contributed by atoms with Crippen LogP contribution in [0.25, 0.3) is 0 Å². The highest BCUT2D eigenvalue weighted by Gasteiger charge is 2.36. The molecule has 1 heterocycles. The van der Waals surface area contributed by atoms with Gasteiger partial charge in [0, 0.05) is 19.5 Å². The van der Waals surface area contributed by atoms with Crippen LogP contribution in [0.15, 0.2) is 76.5 Å². The van der Waals surface area contributed by atoms with E-state index in [1.807, 2.05) is 0 Å². The first-order valence-electron chi connectivity index (χ1n) is 13.8. The fourth-order valence-electron chi connectivity index (χ4n) is 4.78. The molecule has 0 spiro atoms. The molecule has 0 fully saturated rings. The van der Waals surface area contributed by atoms with E-state index < -0.39 is 44.0 Å². The molecule has 3 aromatic rings. The third kappa shape index (κ3) is 6.93. The van der Waals surface area contributed by atoms with Crippen LogP contribution in [0.5, 0.6) is 17.2 Å². The fraction of sp³-hybridized carbons (Fsp3) is 0.367. The number of fused-ring (bicyclic) bond motifs is 1. The number of anilines is 1. The number of amides is 1. The van der Waals surface area contributed by atoms with Crippen molar-refractivity contribution in [2.75, 3.05) is 45.7 Å². The quantitative estimate of drug-likeness (QED) is 0.320. The number of carbonyl (C=O) groups is 1. The summed E-state index contributed by atoms with van der Waals surface area (Å²) >= 11 is 0. The molecular weight excluding hydrogens is 610 g/mol. The first-order valence-corrected chi connectivity index (χ1v) is 16.7. The van der Waals surface area contributed by atoms with Gasteiger partial charge in [-0.2, -0.15) is 4.31 Å². The molecule has 0 saturated heterocycles. The molecule has 3 aromatic carbocycles. The number of aliphatic hydroxyl groups excluding tert-OH is 1. The molecule has 12 nitrogen and oxygen atoms in total. The smallest absolute Gasteiger partial charge is 0.262 e. The molecule has 0 unspecified atom stereocenters. The summed E-state index contributed by atoms with van der Waals surface area (Å²) in [4.78, 5) is 15.2. The van der Waals surface area contributed by atoms with Gasteiger partial charge in [0.25, 0.3) is 15.9 Å². The normalized spacial score (nSPS) is 18.1. The van der Waals surface area contributed by atoms with E-state index in [4.69, 9.17) is 14.2 Å². The van der Waals surface area contributed by atoms with Crippen LogP contribution in [0.1, 0.15) is 24.2 Å². The van der Waals surface area contributed by atoms with Gasteiger partial charge in [-0.3, -0.25) is 9.52 Å². The minimum Gasteiger partial charge on any atom is -0.497 e. The lowest BCUT2D eigenvalue weighted by Crippen LogP contribution is -2.50. The average molecular weight is 648 g/mol. The second-order valence-electron chi connectivity index (χ2n) is 10.5. The first-order chi connectivity index (χ1) is 20.8. The highest BCUT2D eigenvalue weighted by Crippen LogP contribution is 2.36. The molecule has 2 N–H and O–H groups in total. The molecule has 0 radical (unpaired) electrons. The first kappa shape index (κ1) is 33.1. The van der Waals surface area contributed by atoms with Crippen molar-refractivity contribution in [3.05, 3.63) is 72.3 Å². The summed E-state index contributed by atoms with van der Waals surface area (Å²) < 4.78 is 74.0. The van der Waals surface area contributed by atoms with Gasteiger partial charge in [0.2, 0.25) is 10.0 Å². The number of ether oxygens (including phenoxy) is 3. The molecule has 238 valence electrons. The molecular formula is C30H37N3O9S2. The summed E-state index contributed by atoms with van der Waals surface area (Å²) in [5, 5.41) is 9.93. The number of aliphatic hydroxyl groups is 1. The van der Waals surface area contributed by atoms with E-state index in [0.717, 1.165) is 4.31 Å². The van der Waals surface area contributed by atoms with Crippen molar-refractivity contribution in [3.63, 3.8) is 0 Å². The molecule has 1 amide bonds. The maximum atomic E-state index is 13.7. The third-order valence-electron chi connectivity index (χ3n) is 7.51. The van der Waals surface area contributed by atoms with Gasteiger partial charge in [-0.1, -0.05) is 13.0 Å². The van der Waals surface area contributed by atoms with E-state index >= 15 is 0 Å². The zero-order valence-corrected chi connectivity index (χ0v) is 26.8. The van der Waals surface area contributed by atoms with Gasteiger partial charge in [0.1, 0.15) is 17.6 Å². The number of para-hydroxylation sites is 1. The van der Waals surface area contributed by atoms with Crippen LogP contribution in [0.4, 0.5) is 5.69 Å². The lowest BCUT2D eigenvalue weighted by molar-refractivity contribution is 0.0389. The van der Waals surface area contributed by atoms with Gasteiger partial charge in [-0.15, -0.1) is 0 Å². The van der Waals surface area contributed by atoms with Crippen LogP contribution < -0.4 is 18.9 Å². The van der Waals surface area contributed by atoms with Crippen LogP contribution in [0.2, 0.25) is 0 Å². The summed E-state index contributed by atoms with van der Waals surface area (Å²) in [6.45, 7) is 3.22. The number of sulfonamides is 2. The Morgan fingerprint density at radius 1 is 0.977 bits per heavy atom. The highest BCUT2D eigenvalue weighted by atomic mass is 32.2. The van der Waals surface area contributed by atoms with Gasteiger partial charge >= 0.3 is 0 Å². The minimum atomic E-state index is -4.13. The Balaban J connectivity index is 1.74. The Bertz CT molecular complexity index is 1680. The van der Waals surface area contributed by atoms with Crippen LogP contribution in [0.3, 0.4) is 0 Å². The van der Waals surface area contributed by atoms with Crippen LogP contribution in [-0.2, 0) is 20.0 Å². The Morgan fingerprint density at radius 3 is 2.09 bits per heavy atom. The number of hydrogen-bond acceptors (Lipinski definition) is 9. The van der Waals surface area contributed by atoms with Gasteiger partial charge in [-0.05, 0) is 67.6 Å². The van der Waals surface area contributed by atoms with E-state index in [-0.39, 0.29) is 46.5 Å². The van der Waals surface area contributed by atoms with Crippen molar-refractivity contribution in [2.45, 2.75) is 35.8 Å². The zero-order valence-electron chi connectivity index (χ0n) is 25.1. The Kier molecular flexibility index (Phi) is 10.1. The average Bonchev–Trinajstić information content (AvgIpc) is 3.02. The summed E-state index contributed by atoms with van der Waals surface area (Å²) in [7, 11) is -3.71. The fourth-order valence-corrected chi connectivity index (χ4v) is 7.02. The molecule has 3 atom stereocenters. The summed E-state index contributed by atoms with van der Waals surface area (Å²) in [5.41, 5.74) is 0.0702. The second-order valence-corrected chi connectivity index (χ2v) is 14.3. The summed E-state index contributed by atoms with van der Waals surface area (Å²) in [6, 6.07) is 15.7. The Labute approximate surface area is 258 Å². The molecule has 1 aliphatic rings. The van der Waals surface area contributed by atoms with E-state index in [9.17, 15) is 26.7 Å². The van der Waals surface area contributed by atoms with Crippen molar-refractivity contribution >= 4 is 31.6 Å². The Hall–Kier alpha value is -3.85. The van der Waals surface area contributed by atoms with Crippen molar-refractivity contribution < 1.29 is 40.9 Å². The van der Waals surface area contributed by atoms with Crippen LogP contribution >= 0.6 is 0 Å². The van der Waals surface area contributed by atoms with Crippen molar-refractivity contribution in [2.24, 2.45) is 5.92 Å². The molecule has 0 aliphatic carbocycles. The van der Waals surface area contributed by atoms with Crippen LogP contribution in [0, 0.1) is 5.92 Å². The molecule has 4 rings (SSSR count). The third-order valence-corrected chi connectivity index (χ3v) is 10.7. The highest BCUT2D eigenvalue weighted by molar-refractivity contribution is 7.92. The SMILES string of the molecule is COc1ccc(S(=O)(=O)Nc2cccc3c2O[C@@H](CN(C)S(=O)(=O)c2ccc(OC)cc2)[C@H](C)CN([C@H](C)CO)C3=O)cc1. The molecule has 1 aliphatic heterocycles. The second kappa shape index (κ2) is 13.4. The van der Waals surface area contributed by atoms with Crippen LogP contribution in [-0.4, -0.2) is 90.2 Å². The largest absolute Gasteiger partial charge is 0.497 e. The predicted octanol–water partition coefficient (Wildman–Crippen LogP) is 3.05. The minimum absolute atomic E-state index is 0.00281. The molecule has 14 heteroatoms. The van der Waals surface area contributed by atoms with E-state index in [2.05, 4.69) is 4.72 Å². The number of nitrogens with one attached hydrogen (secondary N) is 1. The lowest BCUT2D eigenvalue weighted by atomic mass is 9.99. The van der Waals surface area contributed by atoms with Crippen molar-refractivity contribution in [3.8, 4) is 17.2 Å².